The van der Waals surface area contributed by atoms with E-state index in [1.165, 1.54) is 11.9 Å². The number of nitrogens with zero attached hydrogens (tertiary/aromatic N) is 4. The smallest absolute Gasteiger partial charge is 0.164 e. The average molecular weight is 323 g/mol. The molecule has 0 saturated heterocycles. The Morgan fingerprint density at radius 1 is 1.25 bits per heavy atom. The lowest BCUT2D eigenvalue weighted by atomic mass is 10.0. The van der Waals surface area contributed by atoms with E-state index in [2.05, 4.69) is 48.9 Å². The van der Waals surface area contributed by atoms with Crippen molar-refractivity contribution >= 4 is 16.9 Å². The summed E-state index contributed by atoms with van der Waals surface area (Å²) in [5.41, 5.74) is 10.0. The van der Waals surface area contributed by atoms with E-state index in [0.717, 1.165) is 41.1 Å². The third-order valence-corrected chi connectivity index (χ3v) is 4.36. The van der Waals surface area contributed by atoms with Crippen molar-refractivity contribution in [1.82, 2.24) is 19.7 Å². The van der Waals surface area contributed by atoms with Crippen molar-refractivity contribution in [2.45, 2.75) is 39.2 Å². The molecule has 1 aliphatic rings. The highest BCUT2D eigenvalue weighted by Crippen LogP contribution is 2.33. The summed E-state index contributed by atoms with van der Waals surface area (Å²) in [6.45, 7) is 7.05. The van der Waals surface area contributed by atoms with Gasteiger partial charge in [-0.05, 0) is 26.3 Å². The van der Waals surface area contributed by atoms with Gasteiger partial charge in [-0.2, -0.15) is 5.10 Å². The molecular formula is C18H21N5O. The molecule has 24 heavy (non-hydrogen) atoms. The molecule has 0 amide bonds. The standard InChI is InChI=1S/C18H21N5O/c1-18(2,3)23-17-14(16(19)20-10-21-17)13(22-23)9-12-6-4-5-11-7-8-24-15(11)12/h4-6,10H,7-9H2,1-3H3,(H2,19,20,21). The Bertz CT molecular complexity index is 923. The summed E-state index contributed by atoms with van der Waals surface area (Å²) in [4.78, 5) is 8.58. The number of aromatic nitrogens is 4. The number of hydrogen-bond acceptors (Lipinski definition) is 5. The van der Waals surface area contributed by atoms with Gasteiger partial charge in [0.15, 0.2) is 5.65 Å². The Kier molecular flexibility index (Phi) is 3.23. The normalized spacial score (nSPS) is 14.0. The maximum atomic E-state index is 6.14. The molecule has 1 aromatic carbocycles. The van der Waals surface area contributed by atoms with E-state index in [0.29, 0.717) is 12.2 Å². The lowest BCUT2D eigenvalue weighted by molar-refractivity contribution is 0.353. The van der Waals surface area contributed by atoms with Gasteiger partial charge in [0, 0.05) is 18.4 Å². The topological polar surface area (TPSA) is 78.9 Å². The number of nitrogen functional groups attached to an aromatic ring is 1. The SMILES string of the molecule is CC(C)(C)n1nc(Cc2cccc3c2OCC3)c2c(N)ncnc21. The molecule has 0 saturated carbocycles. The average Bonchev–Trinajstić information content (AvgIpc) is 3.13. The monoisotopic (exact) mass is 323 g/mol. The van der Waals surface area contributed by atoms with Gasteiger partial charge in [-0.1, -0.05) is 18.2 Å². The molecule has 3 heterocycles. The third kappa shape index (κ3) is 2.29. The van der Waals surface area contributed by atoms with Crippen molar-refractivity contribution in [1.29, 1.82) is 0 Å². The predicted octanol–water partition coefficient (Wildman–Crippen LogP) is 2.69. The van der Waals surface area contributed by atoms with Crippen LogP contribution in [-0.4, -0.2) is 26.4 Å². The molecule has 6 nitrogen and oxygen atoms in total. The molecule has 0 fully saturated rings. The maximum Gasteiger partial charge on any atom is 0.164 e. The van der Waals surface area contributed by atoms with Gasteiger partial charge in [-0.3, -0.25) is 0 Å². The van der Waals surface area contributed by atoms with Crippen LogP contribution < -0.4 is 10.5 Å². The molecule has 0 bridgehead atoms. The minimum absolute atomic E-state index is 0.188. The summed E-state index contributed by atoms with van der Waals surface area (Å²) < 4.78 is 7.75. The molecule has 2 N–H and O–H groups in total. The zero-order valence-electron chi connectivity index (χ0n) is 14.2. The van der Waals surface area contributed by atoms with Crippen LogP contribution in [0.25, 0.3) is 11.0 Å². The summed E-state index contributed by atoms with van der Waals surface area (Å²) in [6, 6.07) is 6.28. The number of para-hydroxylation sites is 1. The first-order valence-electron chi connectivity index (χ1n) is 8.17. The second-order valence-electron chi connectivity index (χ2n) is 7.17. The molecule has 3 aromatic rings. The molecule has 124 valence electrons. The Morgan fingerprint density at radius 2 is 2.08 bits per heavy atom. The van der Waals surface area contributed by atoms with Gasteiger partial charge in [-0.25, -0.2) is 14.6 Å². The summed E-state index contributed by atoms with van der Waals surface area (Å²) in [6.07, 6.45) is 3.11. The molecule has 4 rings (SSSR count). The van der Waals surface area contributed by atoms with Crippen LogP contribution in [0.5, 0.6) is 5.75 Å². The second-order valence-corrected chi connectivity index (χ2v) is 7.17. The minimum Gasteiger partial charge on any atom is -0.493 e. The molecule has 2 aromatic heterocycles. The summed E-state index contributed by atoms with van der Waals surface area (Å²) in [7, 11) is 0. The van der Waals surface area contributed by atoms with Crippen LogP contribution >= 0.6 is 0 Å². The fraction of sp³-hybridized carbons (Fsp3) is 0.389. The van der Waals surface area contributed by atoms with Crippen molar-refractivity contribution in [3.63, 3.8) is 0 Å². The van der Waals surface area contributed by atoms with Crippen molar-refractivity contribution in [3.05, 3.63) is 41.3 Å². The zero-order chi connectivity index (χ0) is 16.9. The van der Waals surface area contributed by atoms with Crippen LogP contribution in [0.15, 0.2) is 24.5 Å². The Hall–Kier alpha value is -2.63. The van der Waals surface area contributed by atoms with Gasteiger partial charge in [0.2, 0.25) is 0 Å². The van der Waals surface area contributed by atoms with E-state index in [4.69, 9.17) is 15.6 Å². The fourth-order valence-electron chi connectivity index (χ4n) is 3.24. The third-order valence-electron chi connectivity index (χ3n) is 4.36. The van der Waals surface area contributed by atoms with Gasteiger partial charge < -0.3 is 10.5 Å². The summed E-state index contributed by atoms with van der Waals surface area (Å²) in [5.74, 6) is 1.46. The summed E-state index contributed by atoms with van der Waals surface area (Å²) >= 11 is 0. The van der Waals surface area contributed by atoms with Crippen LogP contribution in [0.3, 0.4) is 0 Å². The Morgan fingerprint density at radius 3 is 2.88 bits per heavy atom. The van der Waals surface area contributed by atoms with E-state index in [1.54, 1.807) is 0 Å². The number of hydrogen-bond donors (Lipinski definition) is 1. The van der Waals surface area contributed by atoms with E-state index in [-0.39, 0.29) is 5.54 Å². The molecule has 0 radical (unpaired) electrons. The lowest BCUT2D eigenvalue weighted by Crippen LogP contribution is -2.23. The summed E-state index contributed by atoms with van der Waals surface area (Å²) in [5, 5.41) is 5.66. The fourth-order valence-corrected chi connectivity index (χ4v) is 3.24. The van der Waals surface area contributed by atoms with Gasteiger partial charge in [0.05, 0.1) is 23.2 Å². The maximum absolute atomic E-state index is 6.14. The van der Waals surface area contributed by atoms with E-state index < -0.39 is 0 Å². The van der Waals surface area contributed by atoms with E-state index in [9.17, 15) is 0 Å². The number of nitrogens with two attached hydrogens (primary N) is 1. The van der Waals surface area contributed by atoms with Crippen LogP contribution in [0.1, 0.15) is 37.6 Å². The van der Waals surface area contributed by atoms with Gasteiger partial charge in [-0.15, -0.1) is 0 Å². The van der Waals surface area contributed by atoms with Gasteiger partial charge >= 0.3 is 0 Å². The van der Waals surface area contributed by atoms with Crippen LogP contribution in [0, 0.1) is 0 Å². The van der Waals surface area contributed by atoms with Crippen LogP contribution in [0.4, 0.5) is 5.82 Å². The highest BCUT2D eigenvalue weighted by atomic mass is 16.5. The predicted molar refractivity (Wildman–Crippen MR) is 93.2 cm³/mol. The largest absolute Gasteiger partial charge is 0.493 e. The first-order valence-corrected chi connectivity index (χ1v) is 8.17. The molecular weight excluding hydrogens is 302 g/mol. The van der Waals surface area contributed by atoms with Crippen molar-refractivity contribution in [2.24, 2.45) is 0 Å². The van der Waals surface area contributed by atoms with E-state index in [1.807, 2.05) is 4.68 Å². The van der Waals surface area contributed by atoms with E-state index >= 15 is 0 Å². The number of benzene rings is 1. The zero-order valence-corrected chi connectivity index (χ0v) is 14.2. The number of anilines is 1. The van der Waals surface area contributed by atoms with Gasteiger partial charge in [0.25, 0.3) is 0 Å². The molecule has 0 atom stereocenters. The molecule has 6 heteroatoms. The second kappa shape index (κ2) is 5.19. The minimum atomic E-state index is -0.188. The number of rotatable bonds is 2. The van der Waals surface area contributed by atoms with Crippen molar-refractivity contribution < 1.29 is 4.74 Å². The quantitative estimate of drug-likeness (QED) is 0.784. The first kappa shape index (κ1) is 14.9. The first-order chi connectivity index (χ1) is 11.4. The molecule has 1 aliphatic heterocycles. The Balaban J connectivity index is 1.88. The molecule has 0 unspecified atom stereocenters. The Labute approximate surface area is 140 Å². The van der Waals surface area contributed by atoms with Crippen molar-refractivity contribution in [3.8, 4) is 5.75 Å². The highest BCUT2D eigenvalue weighted by Gasteiger charge is 2.24. The molecule has 0 spiro atoms. The highest BCUT2D eigenvalue weighted by molar-refractivity contribution is 5.88. The molecule has 0 aliphatic carbocycles. The lowest BCUT2D eigenvalue weighted by Gasteiger charge is -2.19. The van der Waals surface area contributed by atoms with Crippen LogP contribution in [-0.2, 0) is 18.4 Å². The van der Waals surface area contributed by atoms with Crippen molar-refractivity contribution in [2.75, 3.05) is 12.3 Å². The van der Waals surface area contributed by atoms with Crippen LogP contribution in [0.2, 0.25) is 0 Å². The van der Waals surface area contributed by atoms with Gasteiger partial charge in [0.1, 0.15) is 17.9 Å². The number of ether oxygens (including phenoxy) is 1. The number of fused-ring (bicyclic) bond motifs is 2.